The van der Waals surface area contributed by atoms with E-state index in [0.717, 1.165) is 5.56 Å². The number of thiophene rings is 1. The maximum atomic E-state index is 12.0. The maximum Gasteiger partial charge on any atom is 0.251 e. The molecule has 1 aromatic heterocycles. The molecule has 1 atom stereocenters. The van der Waals surface area contributed by atoms with Gasteiger partial charge in [-0.15, -0.1) is 11.3 Å². The van der Waals surface area contributed by atoms with Gasteiger partial charge in [0.2, 0.25) is 5.91 Å². The second-order valence-corrected chi connectivity index (χ2v) is 6.02. The van der Waals surface area contributed by atoms with Gasteiger partial charge in [-0.05, 0) is 30.0 Å². The van der Waals surface area contributed by atoms with Crippen LogP contribution in [0.5, 0.6) is 0 Å². The number of hydrogen-bond donors (Lipinski definition) is 3. The van der Waals surface area contributed by atoms with Crippen LogP contribution in [0, 0.1) is 0 Å². The fraction of sp³-hybridized carbons (Fsp3) is 0.200. The third-order valence-corrected chi connectivity index (χ3v) is 4.30. The van der Waals surface area contributed by atoms with Gasteiger partial charge in [0.15, 0.2) is 0 Å². The van der Waals surface area contributed by atoms with Gasteiger partial charge in [0.1, 0.15) is 5.00 Å². The molecule has 0 saturated heterocycles. The Morgan fingerprint density at radius 1 is 1.32 bits per heavy atom. The van der Waals surface area contributed by atoms with Gasteiger partial charge in [0.25, 0.3) is 5.91 Å². The van der Waals surface area contributed by atoms with Crippen molar-refractivity contribution in [2.45, 2.75) is 13.0 Å². The molecule has 116 valence electrons. The molecule has 0 saturated carbocycles. The zero-order valence-corrected chi connectivity index (χ0v) is 13.5. The largest absolute Gasteiger partial charge is 0.366 e. The normalized spacial score (nSPS) is 11.9. The molecule has 0 spiro atoms. The van der Waals surface area contributed by atoms with E-state index in [1.165, 1.54) is 11.3 Å². The second kappa shape index (κ2) is 7.40. The Kier molecular flexibility index (Phi) is 5.54. The monoisotopic (exact) mass is 337 g/mol. The third-order valence-electron chi connectivity index (χ3n) is 3.12. The lowest BCUT2D eigenvalue weighted by atomic mass is 10.1. The number of benzene rings is 1. The molecular weight excluding hydrogens is 322 g/mol. The van der Waals surface area contributed by atoms with Crippen molar-refractivity contribution in [1.29, 1.82) is 0 Å². The molecule has 2 aromatic rings. The molecule has 7 heteroatoms. The summed E-state index contributed by atoms with van der Waals surface area (Å²) in [5.74, 6) is -0.808. The van der Waals surface area contributed by atoms with Crippen LogP contribution in [0.2, 0.25) is 5.02 Å². The molecule has 0 aliphatic heterocycles. The number of halogens is 1. The van der Waals surface area contributed by atoms with Crippen LogP contribution in [0.3, 0.4) is 0 Å². The minimum Gasteiger partial charge on any atom is -0.366 e. The van der Waals surface area contributed by atoms with Crippen molar-refractivity contribution in [2.24, 2.45) is 5.73 Å². The van der Waals surface area contributed by atoms with Crippen LogP contribution in [0.4, 0.5) is 5.00 Å². The number of nitrogens with two attached hydrogens (primary N) is 1. The highest BCUT2D eigenvalue weighted by Gasteiger charge is 2.14. The van der Waals surface area contributed by atoms with Crippen molar-refractivity contribution in [3.63, 3.8) is 0 Å². The van der Waals surface area contributed by atoms with Gasteiger partial charge < -0.3 is 16.4 Å². The predicted molar refractivity (Wildman–Crippen MR) is 89.3 cm³/mol. The SMILES string of the molecule is C[C@H](NCC(=O)Nc1sccc1C(N)=O)c1ccccc1Cl. The Morgan fingerprint density at radius 3 is 2.73 bits per heavy atom. The molecule has 1 heterocycles. The summed E-state index contributed by atoms with van der Waals surface area (Å²) in [6.45, 7) is 2.02. The van der Waals surface area contributed by atoms with E-state index in [9.17, 15) is 9.59 Å². The van der Waals surface area contributed by atoms with Crippen molar-refractivity contribution >= 4 is 39.8 Å². The van der Waals surface area contributed by atoms with Crippen LogP contribution in [-0.2, 0) is 4.79 Å². The minimum absolute atomic E-state index is 0.0709. The number of nitrogens with one attached hydrogen (secondary N) is 2. The average Bonchev–Trinajstić information content (AvgIpc) is 2.93. The Balaban J connectivity index is 1.92. The first-order valence-corrected chi connectivity index (χ1v) is 7.89. The maximum absolute atomic E-state index is 12.0. The topological polar surface area (TPSA) is 84.2 Å². The number of carbonyl (C=O) groups is 2. The molecule has 0 radical (unpaired) electrons. The summed E-state index contributed by atoms with van der Waals surface area (Å²) in [7, 11) is 0. The third kappa shape index (κ3) is 4.07. The van der Waals surface area contributed by atoms with E-state index in [1.54, 1.807) is 17.5 Å². The van der Waals surface area contributed by atoms with Gasteiger partial charge in [-0.1, -0.05) is 29.8 Å². The number of amides is 2. The number of hydrogen-bond acceptors (Lipinski definition) is 4. The molecule has 0 fully saturated rings. The van der Waals surface area contributed by atoms with E-state index in [2.05, 4.69) is 10.6 Å². The molecule has 2 rings (SSSR count). The van der Waals surface area contributed by atoms with Gasteiger partial charge in [0.05, 0.1) is 12.1 Å². The van der Waals surface area contributed by atoms with Crippen LogP contribution >= 0.6 is 22.9 Å². The van der Waals surface area contributed by atoms with Gasteiger partial charge in [-0.2, -0.15) is 0 Å². The number of anilines is 1. The van der Waals surface area contributed by atoms with E-state index in [-0.39, 0.29) is 18.5 Å². The molecule has 2 amide bonds. The van der Waals surface area contributed by atoms with Gasteiger partial charge in [-0.3, -0.25) is 9.59 Å². The van der Waals surface area contributed by atoms with E-state index < -0.39 is 5.91 Å². The molecule has 4 N–H and O–H groups in total. The summed E-state index contributed by atoms with van der Waals surface area (Å²) in [4.78, 5) is 23.2. The van der Waals surface area contributed by atoms with Crippen LogP contribution in [0.1, 0.15) is 28.9 Å². The Hall–Kier alpha value is -1.89. The summed E-state index contributed by atoms with van der Waals surface area (Å²) < 4.78 is 0. The van der Waals surface area contributed by atoms with Crippen LogP contribution in [0.25, 0.3) is 0 Å². The fourth-order valence-electron chi connectivity index (χ4n) is 1.95. The van der Waals surface area contributed by atoms with Crippen molar-refractivity contribution in [1.82, 2.24) is 5.32 Å². The van der Waals surface area contributed by atoms with Gasteiger partial charge in [0, 0.05) is 11.1 Å². The molecule has 1 aromatic carbocycles. The van der Waals surface area contributed by atoms with Crippen LogP contribution < -0.4 is 16.4 Å². The minimum atomic E-state index is -0.561. The van der Waals surface area contributed by atoms with Crippen molar-refractivity contribution in [3.05, 3.63) is 51.9 Å². The predicted octanol–water partition coefficient (Wildman–Crippen LogP) is 2.79. The zero-order valence-electron chi connectivity index (χ0n) is 11.9. The van der Waals surface area contributed by atoms with E-state index in [1.807, 2.05) is 25.1 Å². The second-order valence-electron chi connectivity index (χ2n) is 4.70. The average molecular weight is 338 g/mol. The summed E-state index contributed by atoms with van der Waals surface area (Å²) in [5, 5.41) is 8.59. The standard InChI is InChI=1S/C15H16ClN3O2S/c1-9(10-4-2-3-5-12(10)16)18-8-13(20)19-15-11(14(17)21)6-7-22-15/h2-7,9,18H,8H2,1H3,(H2,17,21)(H,19,20)/t9-/m0/s1. The summed E-state index contributed by atoms with van der Waals surface area (Å²) in [6, 6.07) is 8.97. The quantitative estimate of drug-likeness (QED) is 0.757. The fourth-order valence-corrected chi connectivity index (χ4v) is 3.06. The molecule has 0 unspecified atom stereocenters. The Bertz CT molecular complexity index is 687. The van der Waals surface area contributed by atoms with E-state index in [0.29, 0.717) is 15.6 Å². The first-order chi connectivity index (χ1) is 10.5. The zero-order chi connectivity index (χ0) is 16.1. The van der Waals surface area contributed by atoms with Crippen molar-refractivity contribution in [2.75, 3.05) is 11.9 Å². The van der Waals surface area contributed by atoms with Gasteiger partial charge in [-0.25, -0.2) is 0 Å². The summed E-state index contributed by atoms with van der Waals surface area (Å²) in [6.07, 6.45) is 0. The van der Waals surface area contributed by atoms with Crippen molar-refractivity contribution < 1.29 is 9.59 Å². The molecule has 0 aliphatic carbocycles. The van der Waals surface area contributed by atoms with Crippen LogP contribution in [0.15, 0.2) is 35.7 Å². The molecular formula is C15H16ClN3O2S. The first kappa shape index (κ1) is 16.5. The lowest BCUT2D eigenvalue weighted by Crippen LogP contribution is -2.30. The summed E-state index contributed by atoms with van der Waals surface area (Å²) in [5.41, 5.74) is 6.47. The lowest BCUT2D eigenvalue weighted by Gasteiger charge is -2.15. The lowest BCUT2D eigenvalue weighted by molar-refractivity contribution is -0.115. The first-order valence-electron chi connectivity index (χ1n) is 6.64. The Labute approximate surface area is 137 Å². The van der Waals surface area contributed by atoms with E-state index in [4.69, 9.17) is 17.3 Å². The van der Waals surface area contributed by atoms with Crippen molar-refractivity contribution in [3.8, 4) is 0 Å². The van der Waals surface area contributed by atoms with Gasteiger partial charge >= 0.3 is 0 Å². The highest BCUT2D eigenvalue weighted by Crippen LogP contribution is 2.23. The number of carbonyl (C=O) groups excluding carboxylic acids is 2. The summed E-state index contributed by atoms with van der Waals surface area (Å²) >= 11 is 7.37. The number of rotatable bonds is 6. The molecule has 5 nitrogen and oxygen atoms in total. The van der Waals surface area contributed by atoms with Crippen LogP contribution in [-0.4, -0.2) is 18.4 Å². The smallest absolute Gasteiger partial charge is 0.251 e. The highest BCUT2D eigenvalue weighted by atomic mass is 35.5. The molecule has 22 heavy (non-hydrogen) atoms. The van der Waals surface area contributed by atoms with E-state index >= 15 is 0 Å². The Morgan fingerprint density at radius 2 is 2.05 bits per heavy atom. The number of primary amides is 1. The molecule has 0 aliphatic rings. The highest BCUT2D eigenvalue weighted by molar-refractivity contribution is 7.14. The molecule has 0 bridgehead atoms.